The Kier molecular flexibility index (Phi) is 4.40. The van der Waals surface area contributed by atoms with E-state index in [9.17, 15) is 4.79 Å². The van der Waals surface area contributed by atoms with Crippen LogP contribution in [0.3, 0.4) is 0 Å². The van der Waals surface area contributed by atoms with Crippen molar-refractivity contribution in [3.8, 4) is 11.5 Å². The summed E-state index contributed by atoms with van der Waals surface area (Å²) >= 11 is 0. The topological polar surface area (TPSA) is 53.4 Å². The molecule has 20 heavy (non-hydrogen) atoms. The summed E-state index contributed by atoms with van der Waals surface area (Å²) in [6, 6.07) is 7.14. The van der Waals surface area contributed by atoms with E-state index in [0.29, 0.717) is 23.7 Å². The van der Waals surface area contributed by atoms with Gasteiger partial charge in [0.2, 0.25) is 0 Å². The number of carbonyl (C=O) groups is 1. The third-order valence-corrected chi connectivity index (χ3v) is 3.00. The van der Waals surface area contributed by atoms with Gasteiger partial charge in [-0.3, -0.25) is 9.48 Å². The molecule has 5 heteroatoms. The molecule has 0 fully saturated rings. The molecule has 0 unspecified atom stereocenters. The molecule has 1 aromatic carbocycles. The fraction of sp³-hybridized carbons (Fsp3) is 0.333. The van der Waals surface area contributed by atoms with E-state index in [4.69, 9.17) is 9.47 Å². The van der Waals surface area contributed by atoms with Gasteiger partial charge in [-0.15, -0.1) is 0 Å². The van der Waals surface area contributed by atoms with Crippen LogP contribution >= 0.6 is 0 Å². The number of carbonyl (C=O) groups excluding carboxylic acids is 1. The van der Waals surface area contributed by atoms with Gasteiger partial charge in [0.25, 0.3) is 0 Å². The largest absolute Gasteiger partial charge is 0.497 e. The highest BCUT2D eigenvalue weighted by Gasteiger charge is 2.08. The second-order valence-corrected chi connectivity index (χ2v) is 4.40. The van der Waals surface area contributed by atoms with Crippen LogP contribution in [0.5, 0.6) is 11.5 Å². The zero-order valence-corrected chi connectivity index (χ0v) is 11.9. The van der Waals surface area contributed by atoms with Crippen molar-refractivity contribution in [2.75, 3.05) is 7.11 Å². The molecule has 5 nitrogen and oxygen atoms in total. The first-order chi connectivity index (χ1) is 9.67. The van der Waals surface area contributed by atoms with E-state index in [1.54, 1.807) is 25.3 Å². The number of benzene rings is 1. The van der Waals surface area contributed by atoms with E-state index in [-0.39, 0.29) is 0 Å². The smallest absolute Gasteiger partial charge is 0.153 e. The second-order valence-electron chi connectivity index (χ2n) is 4.40. The second kappa shape index (κ2) is 6.23. The molecule has 0 saturated carbocycles. The maximum atomic E-state index is 11.1. The van der Waals surface area contributed by atoms with Crippen molar-refractivity contribution in [2.24, 2.45) is 0 Å². The number of aromatic nitrogens is 2. The van der Waals surface area contributed by atoms with E-state index in [1.165, 1.54) is 0 Å². The van der Waals surface area contributed by atoms with Crippen LogP contribution in [-0.2, 0) is 13.2 Å². The number of methoxy groups -OCH3 is 1. The molecular formula is C15H18N2O3. The first-order valence-electron chi connectivity index (χ1n) is 6.47. The van der Waals surface area contributed by atoms with Crippen LogP contribution in [0.25, 0.3) is 0 Å². The molecule has 0 saturated heterocycles. The lowest BCUT2D eigenvalue weighted by Crippen LogP contribution is -2.07. The van der Waals surface area contributed by atoms with Crippen LogP contribution in [0.1, 0.15) is 28.7 Å². The highest BCUT2D eigenvalue weighted by molar-refractivity contribution is 5.80. The lowest BCUT2D eigenvalue weighted by molar-refractivity contribution is 0.111. The van der Waals surface area contributed by atoms with Crippen LogP contribution in [0.15, 0.2) is 24.3 Å². The van der Waals surface area contributed by atoms with Gasteiger partial charge in [-0.05, 0) is 38.1 Å². The summed E-state index contributed by atoms with van der Waals surface area (Å²) < 4.78 is 12.7. The van der Waals surface area contributed by atoms with Crippen molar-refractivity contribution < 1.29 is 14.3 Å². The minimum absolute atomic E-state index is 0.377. The summed E-state index contributed by atoms with van der Waals surface area (Å²) in [5, 5.41) is 4.36. The molecule has 0 atom stereocenters. The van der Waals surface area contributed by atoms with Crippen LogP contribution in [0.2, 0.25) is 0 Å². The van der Waals surface area contributed by atoms with E-state index in [1.807, 2.05) is 24.6 Å². The maximum absolute atomic E-state index is 11.1. The van der Waals surface area contributed by atoms with Gasteiger partial charge in [0.1, 0.15) is 18.1 Å². The Morgan fingerprint density at radius 2 is 2.15 bits per heavy atom. The molecule has 1 heterocycles. The van der Waals surface area contributed by atoms with Crippen LogP contribution < -0.4 is 9.47 Å². The Morgan fingerprint density at radius 1 is 1.35 bits per heavy atom. The van der Waals surface area contributed by atoms with Crippen molar-refractivity contribution in [1.29, 1.82) is 0 Å². The van der Waals surface area contributed by atoms with Crippen LogP contribution in [-0.4, -0.2) is 23.2 Å². The summed E-state index contributed by atoms with van der Waals surface area (Å²) in [7, 11) is 1.56. The van der Waals surface area contributed by atoms with Crippen molar-refractivity contribution >= 4 is 6.29 Å². The van der Waals surface area contributed by atoms with E-state index in [2.05, 4.69) is 5.10 Å². The highest BCUT2D eigenvalue weighted by Crippen LogP contribution is 2.23. The van der Waals surface area contributed by atoms with Crippen molar-refractivity contribution in [2.45, 2.75) is 27.0 Å². The predicted octanol–water partition coefficient (Wildman–Crippen LogP) is 2.61. The van der Waals surface area contributed by atoms with Crippen LogP contribution in [0, 0.1) is 6.92 Å². The van der Waals surface area contributed by atoms with Crippen molar-refractivity contribution in [3.63, 3.8) is 0 Å². The lowest BCUT2D eigenvalue weighted by atomic mass is 10.2. The van der Waals surface area contributed by atoms with Gasteiger partial charge in [0.05, 0.1) is 24.1 Å². The predicted molar refractivity (Wildman–Crippen MR) is 75.4 cm³/mol. The average molecular weight is 274 g/mol. The molecule has 2 aromatic rings. The Labute approximate surface area is 118 Å². The number of aldehydes is 1. The van der Waals surface area contributed by atoms with E-state index >= 15 is 0 Å². The Balaban J connectivity index is 2.16. The number of aryl methyl sites for hydroxylation is 2. The van der Waals surface area contributed by atoms with Crippen LogP contribution in [0.4, 0.5) is 0 Å². The summed E-state index contributed by atoms with van der Waals surface area (Å²) in [6.07, 6.45) is 0.764. The minimum Gasteiger partial charge on any atom is -0.497 e. The zero-order chi connectivity index (χ0) is 14.5. The summed E-state index contributed by atoms with van der Waals surface area (Å²) in [4.78, 5) is 11.1. The minimum atomic E-state index is 0.377. The Hall–Kier alpha value is -2.30. The number of ether oxygens (including phenoxy) is 2. The molecule has 0 radical (unpaired) electrons. The van der Waals surface area contributed by atoms with Gasteiger partial charge in [-0.1, -0.05) is 0 Å². The normalized spacial score (nSPS) is 10.3. The number of rotatable bonds is 6. The summed E-state index contributed by atoms with van der Waals surface area (Å²) in [5.41, 5.74) is 2.41. The van der Waals surface area contributed by atoms with Gasteiger partial charge >= 0.3 is 0 Å². The first kappa shape index (κ1) is 14.1. The zero-order valence-electron chi connectivity index (χ0n) is 11.9. The Bertz CT molecular complexity index is 605. The first-order valence-corrected chi connectivity index (χ1v) is 6.47. The lowest BCUT2D eigenvalue weighted by Gasteiger charge is -2.10. The molecule has 0 bridgehead atoms. The average Bonchev–Trinajstić information content (AvgIpc) is 2.85. The summed E-state index contributed by atoms with van der Waals surface area (Å²) in [5.74, 6) is 1.18. The standard InChI is InChI=1S/C15H18N2O3/c1-4-17-13(7-11(2)16-17)10-20-15-6-5-14(19-3)8-12(15)9-18/h5-9H,4,10H2,1-3H3. The van der Waals surface area contributed by atoms with Gasteiger partial charge in [0, 0.05) is 6.54 Å². The fourth-order valence-corrected chi connectivity index (χ4v) is 2.02. The highest BCUT2D eigenvalue weighted by atomic mass is 16.5. The molecule has 0 aliphatic heterocycles. The quantitative estimate of drug-likeness (QED) is 0.760. The number of hydrogen-bond acceptors (Lipinski definition) is 4. The van der Waals surface area contributed by atoms with Gasteiger partial charge in [-0.2, -0.15) is 5.10 Å². The fourth-order valence-electron chi connectivity index (χ4n) is 2.02. The van der Waals surface area contributed by atoms with Crippen molar-refractivity contribution in [3.05, 3.63) is 41.2 Å². The number of hydrogen-bond donors (Lipinski definition) is 0. The number of nitrogens with zero attached hydrogens (tertiary/aromatic N) is 2. The van der Waals surface area contributed by atoms with Gasteiger partial charge in [-0.25, -0.2) is 0 Å². The molecule has 0 spiro atoms. The molecule has 2 rings (SSSR count). The molecule has 106 valence electrons. The van der Waals surface area contributed by atoms with Gasteiger partial charge < -0.3 is 9.47 Å². The monoisotopic (exact) mass is 274 g/mol. The molecule has 1 aromatic heterocycles. The van der Waals surface area contributed by atoms with E-state index in [0.717, 1.165) is 24.2 Å². The molecule has 0 N–H and O–H groups in total. The summed E-state index contributed by atoms with van der Waals surface area (Å²) in [6.45, 7) is 5.14. The van der Waals surface area contributed by atoms with E-state index < -0.39 is 0 Å². The molecule has 0 aliphatic rings. The third kappa shape index (κ3) is 2.99. The molecule has 0 aliphatic carbocycles. The maximum Gasteiger partial charge on any atom is 0.153 e. The third-order valence-electron chi connectivity index (χ3n) is 3.00. The SMILES string of the molecule is CCn1nc(C)cc1COc1ccc(OC)cc1C=O. The molecular weight excluding hydrogens is 256 g/mol. The Morgan fingerprint density at radius 3 is 2.80 bits per heavy atom. The van der Waals surface area contributed by atoms with Gasteiger partial charge in [0.15, 0.2) is 6.29 Å². The van der Waals surface area contributed by atoms with Crippen molar-refractivity contribution in [1.82, 2.24) is 9.78 Å². The molecule has 0 amide bonds.